The Morgan fingerprint density at radius 2 is 2.00 bits per heavy atom. The lowest BCUT2D eigenvalue weighted by atomic mass is 9.87. The minimum absolute atomic E-state index is 0.0880. The van der Waals surface area contributed by atoms with Crippen LogP contribution >= 0.6 is 0 Å². The Bertz CT molecular complexity index is 454. The van der Waals surface area contributed by atoms with E-state index in [-0.39, 0.29) is 5.54 Å². The Labute approximate surface area is 129 Å². The second-order valence-electron chi connectivity index (χ2n) is 7.34. The molecule has 116 valence electrons. The van der Waals surface area contributed by atoms with Gasteiger partial charge in [-0.1, -0.05) is 50.1 Å². The summed E-state index contributed by atoms with van der Waals surface area (Å²) in [6.07, 6.45) is 5.62. The van der Waals surface area contributed by atoms with Crippen LogP contribution in [0.2, 0.25) is 0 Å². The SMILES string of the molecule is CCC(CC1CC1)N1CC(C)(c2ccccc2)NCC1C. The first kappa shape index (κ1) is 15.1. The van der Waals surface area contributed by atoms with Gasteiger partial charge >= 0.3 is 0 Å². The Morgan fingerprint density at radius 1 is 1.29 bits per heavy atom. The van der Waals surface area contributed by atoms with Crippen molar-refractivity contribution < 1.29 is 0 Å². The lowest BCUT2D eigenvalue weighted by molar-refractivity contribution is 0.0464. The van der Waals surface area contributed by atoms with E-state index >= 15 is 0 Å². The minimum atomic E-state index is 0.0880. The standard InChI is InChI=1S/C19H30N2/c1-4-18(12-16-10-11-16)21-14-19(3,20-13-15(21)2)17-8-6-5-7-9-17/h5-9,15-16,18,20H,4,10-14H2,1-3H3. The molecule has 1 N–H and O–H groups in total. The van der Waals surface area contributed by atoms with E-state index in [1.54, 1.807) is 0 Å². The maximum atomic E-state index is 3.80. The van der Waals surface area contributed by atoms with E-state index in [4.69, 9.17) is 0 Å². The fraction of sp³-hybridized carbons (Fsp3) is 0.684. The van der Waals surface area contributed by atoms with Gasteiger partial charge < -0.3 is 5.32 Å². The molecule has 3 atom stereocenters. The number of benzene rings is 1. The molecule has 0 bridgehead atoms. The zero-order valence-corrected chi connectivity index (χ0v) is 13.8. The summed E-state index contributed by atoms with van der Waals surface area (Å²) < 4.78 is 0. The zero-order valence-electron chi connectivity index (χ0n) is 13.8. The molecule has 1 saturated heterocycles. The van der Waals surface area contributed by atoms with E-state index in [0.29, 0.717) is 6.04 Å². The average Bonchev–Trinajstić information content (AvgIpc) is 3.33. The fourth-order valence-corrected chi connectivity index (χ4v) is 3.83. The summed E-state index contributed by atoms with van der Waals surface area (Å²) >= 11 is 0. The monoisotopic (exact) mass is 286 g/mol. The molecule has 2 heteroatoms. The third kappa shape index (κ3) is 3.32. The molecule has 1 aromatic rings. The highest BCUT2D eigenvalue weighted by Gasteiger charge is 2.39. The van der Waals surface area contributed by atoms with E-state index in [1.807, 2.05) is 0 Å². The summed E-state index contributed by atoms with van der Waals surface area (Å²) in [7, 11) is 0. The fourth-order valence-electron chi connectivity index (χ4n) is 3.83. The van der Waals surface area contributed by atoms with Crippen molar-refractivity contribution in [1.29, 1.82) is 0 Å². The second kappa shape index (κ2) is 6.10. The summed E-state index contributed by atoms with van der Waals surface area (Å²) in [5.74, 6) is 1.01. The van der Waals surface area contributed by atoms with Gasteiger partial charge in [0.05, 0.1) is 5.54 Å². The van der Waals surface area contributed by atoms with Gasteiger partial charge in [0, 0.05) is 25.2 Å². The number of nitrogens with one attached hydrogen (secondary N) is 1. The number of hydrogen-bond acceptors (Lipinski definition) is 2. The molecule has 3 unspecified atom stereocenters. The van der Waals surface area contributed by atoms with Crippen molar-refractivity contribution >= 4 is 0 Å². The van der Waals surface area contributed by atoms with Crippen LogP contribution in [0.15, 0.2) is 30.3 Å². The molecule has 0 radical (unpaired) electrons. The molecule has 1 aromatic carbocycles. The van der Waals surface area contributed by atoms with Crippen molar-refractivity contribution in [3.63, 3.8) is 0 Å². The molecule has 21 heavy (non-hydrogen) atoms. The van der Waals surface area contributed by atoms with Gasteiger partial charge in [0.1, 0.15) is 0 Å². The van der Waals surface area contributed by atoms with Crippen molar-refractivity contribution in [2.45, 2.75) is 64.1 Å². The molecular weight excluding hydrogens is 256 g/mol. The Morgan fingerprint density at radius 3 is 2.62 bits per heavy atom. The van der Waals surface area contributed by atoms with Crippen LogP contribution in [0.3, 0.4) is 0 Å². The number of rotatable bonds is 5. The average molecular weight is 286 g/mol. The molecule has 1 heterocycles. The van der Waals surface area contributed by atoms with Crippen molar-refractivity contribution in [2.24, 2.45) is 5.92 Å². The second-order valence-corrected chi connectivity index (χ2v) is 7.34. The third-order valence-corrected chi connectivity index (χ3v) is 5.51. The summed E-state index contributed by atoms with van der Waals surface area (Å²) in [6, 6.07) is 12.4. The quantitative estimate of drug-likeness (QED) is 0.886. The Kier molecular flexibility index (Phi) is 4.37. The van der Waals surface area contributed by atoms with Gasteiger partial charge in [-0.2, -0.15) is 0 Å². The first-order valence-corrected chi connectivity index (χ1v) is 8.68. The van der Waals surface area contributed by atoms with E-state index in [0.717, 1.165) is 25.0 Å². The summed E-state index contributed by atoms with van der Waals surface area (Å²) in [5.41, 5.74) is 1.51. The highest BCUT2D eigenvalue weighted by Crippen LogP contribution is 2.37. The van der Waals surface area contributed by atoms with E-state index in [1.165, 1.54) is 31.2 Å². The van der Waals surface area contributed by atoms with E-state index < -0.39 is 0 Å². The summed E-state index contributed by atoms with van der Waals surface area (Å²) in [5, 5.41) is 3.80. The molecule has 3 rings (SSSR count). The number of nitrogens with zero attached hydrogens (tertiary/aromatic N) is 1. The van der Waals surface area contributed by atoms with E-state index in [2.05, 4.69) is 61.3 Å². The van der Waals surface area contributed by atoms with Crippen molar-refractivity contribution in [3.8, 4) is 0 Å². The molecular formula is C19H30N2. The summed E-state index contributed by atoms with van der Waals surface area (Å²) in [6.45, 7) is 9.33. The van der Waals surface area contributed by atoms with Crippen LogP contribution < -0.4 is 5.32 Å². The van der Waals surface area contributed by atoms with Crippen LogP contribution in [0.25, 0.3) is 0 Å². The van der Waals surface area contributed by atoms with Crippen LogP contribution in [0.1, 0.15) is 52.0 Å². The lowest BCUT2D eigenvalue weighted by Gasteiger charge is -2.48. The Balaban J connectivity index is 1.76. The summed E-state index contributed by atoms with van der Waals surface area (Å²) in [4.78, 5) is 2.78. The molecule has 0 spiro atoms. The number of piperazine rings is 1. The molecule has 0 amide bonds. The van der Waals surface area contributed by atoms with Gasteiger partial charge in [0.25, 0.3) is 0 Å². The van der Waals surface area contributed by atoms with Crippen LogP contribution in [-0.2, 0) is 5.54 Å². The first-order valence-electron chi connectivity index (χ1n) is 8.68. The molecule has 1 aliphatic carbocycles. The minimum Gasteiger partial charge on any atom is -0.305 e. The van der Waals surface area contributed by atoms with Crippen LogP contribution in [-0.4, -0.2) is 30.1 Å². The molecule has 1 saturated carbocycles. The highest BCUT2D eigenvalue weighted by molar-refractivity contribution is 5.25. The van der Waals surface area contributed by atoms with Crippen LogP contribution in [0.4, 0.5) is 0 Å². The largest absolute Gasteiger partial charge is 0.305 e. The molecule has 1 aliphatic heterocycles. The molecule has 2 aliphatic rings. The van der Waals surface area contributed by atoms with Gasteiger partial charge in [0.15, 0.2) is 0 Å². The maximum absolute atomic E-state index is 3.80. The number of hydrogen-bond donors (Lipinski definition) is 1. The van der Waals surface area contributed by atoms with Crippen LogP contribution in [0, 0.1) is 5.92 Å². The first-order chi connectivity index (χ1) is 10.1. The van der Waals surface area contributed by atoms with Crippen molar-refractivity contribution in [2.75, 3.05) is 13.1 Å². The van der Waals surface area contributed by atoms with Gasteiger partial charge in [-0.3, -0.25) is 4.90 Å². The predicted octanol–water partition coefficient (Wildman–Crippen LogP) is 3.77. The van der Waals surface area contributed by atoms with Gasteiger partial charge in [-0.15, -0.1) is 0 Å². The van der Waals surface area contributed by atoms with Gasteiger partial charge in [-0.25, -0.2) is 0 Å². The topological polar surface area (TPSA) is 15.3 Å². The van der Waals surface area contributed by atoms with Crippen LogP contribution in [0.5, 0.6) is 0 Å². The third-order valence-electron chi connectivity index (χ3n) is 5.51. The lowest BCUT2D eigenvalue weighted by Crippen LogP contribution is -2.62. The predicted molar refractivity (Wildman–Crippen MR) is 89.4 cm³/mol. The van der Waals surface area contributed by atoms with E-state index in [9.17, 15) is 0 Å². The normalized spacial score (nSPS) is 32.0. The molecule has 0 aromatic heterocycles. The maximum Gasteiger partial charge on any atom is 0.0535 e. The molecule has 2 fully saturated rings. The van der Waals surface area contributed by atoms with Gasteiger partial charge in [-0.05, 0) is 38.2 Å². The van der Waals surface area contributed by atoms with Crippen molar-refractivity contribution in [3.05, 3.63) is 35.9 Å². The molecule has 2 nitrogen and oxygen atoms in total. The van der Waals surface area contributed by atoms with Crippen molar-refractivity contribution in [1.82, 2.24) is 10.2 Å². The van der Waals surface area contributed by atoms with Gasteiger partial charge in [0.2, 0.25) is 0 Å². The smallest absolute Gasteiger partial charge is 0.0535 e. The zero-order chi connectivity index (χ0) is 14.9. The highest BCUT2D eigenvalue weighted by atomic mass is 15.3. The Hall–Kier alpha value is -0.860.